The third kappa shape index (κ3) is 2.26. The van der Waals surface area contributed by atoms with Gasteiger partial charge in [-0.25, -0.2) is 0 Å². The molecule has 1 rings (SSSR count). The zero-order valence-electron chi connectivity index (χ0n) is 9.75. The molecule has 1 aliphatic rings. The lowest BCUT2D eigenvalue weighted by atomic mass is 9.95. The van der Waals surface area contributed by atoms with Crippen molar-refractivity contribution in [3.8, 4) is 6.07 Å². The predicted octanol–water partition coefficient (Wildman–Crippen LogP) is 1.31. The van der Waals surface area contributed by atoms with Crippen LogP contribution in [0, 0.1) is 11.3 Å². The molecule has 0 saturated carbocycles. The van der Waals surface area contributed by atoms with Gasteiger partial charge in [-0.2, -0.15) is 5.26 Å². The van der Waals surface area contributed by atoms with Crippen LogP contribution in [0.3, 0.4) is 0 Å². The van der Waals surface area contributed by atoms with Crippen LogP contribution < -0.4 is 0 Å². The molecular formula is C11H21N3. The molecular weight excluding hydrogens is 174 g/mol. The van der Waals surface area contributed by atoms with Crippen LogP contribution in [0.15, 0.2) is 0 Å². The van der Waals surface area contributed by atoms with Gasteiger partial charge in [0, 0.05) is 24.7 Å². The van der Waals surface area contributed by atoms with Crippen molar-refractivity contribution < 1.29 is 0 Å². The molecule has 0 spiro atoms. The van der Waals surface area contributed by atoms with E-state index in [9.17, 15) is 0 Å². The maximum Gasteiger partial charge on any atom is 0.0638 e. The van der Waals surface area contributed by atoms with Crippen molar-refractivity contribution >= 4 is 0 Å². The molecule has 0 aliphatic carbocycles. The van der Waals surface area contributed by atoms with Crippen molar-refractivity contribution in [2.75, 3.05) is 26.7 Å². The molecule has 80 valence electrons. The summed E-state index contributed by atoms with van der Waals surface area (Å²) < 4.78 is 0. The number of nitriles is 1. The summed E-state index contributed by atoms with van der Waals surface area (Å²) in [6.45, 7) is 9.88. The third-order valence-corrected chi connectivity index (χ3v) is 3.26. The van der Waals surface area contributed by atoms with Crippen LogP contribution in [0.5, 0.6) is 0 Å². The van der Waals surface area contributed by atoms with E-state index in [1.54, 1.807) is 0 Å². The quantitative estimate of drug-likeness (QED) is 0.665. The molecule has 3 nitrogen and oxygen atoms in total. The van der Waals surface area contributed by atoms with Gasteiger partial charge in [0.15, 0.2) is 0 Å². The number of likely N-dealkylation sites (N-methyl/N-ethyl adjacent to an activating group) is 2. The highest BCUT2D eigenvalue weighted by molar-refractivity contribution is 4.96. The van der Waals surface area contributed by atoms with Gasteiger partial charge in [0.25, 0.3) is 0 Å². The van der Waals surface area contributed by atoms with Crippen molar-refractivity contribution in [2.24, 2.45) is 0 Å². The molecule has 1 saturated heterocycles. The Balaban J connectivity index is 2.68. The van der Waals surface area contributed by atoms with Crippen molar-refractivity contribution in [1.29, 1.82) is 5.26 Å². The summed E-state index contributed by atoms with van der Waals surface area (Å²) in [7, 11) is 2.12. The van der Waals surface area contributed by atoms with Gasteiger partial charge in [-0.1, -0.05) is 6.92 Å². The first kappa shape index (κ1) is 11.5. The zero-order valence-corrected chi connectivity index (χ0v) is 9.75. The van der Waals surface area contributed by atoms with Crippen molar-refractivity contribution in [1.82, 2.24) is 9.80 Å². The van der Waals surface area contributed by atoms with Crippen molar-refractivity contribution in [3.05, 3.63) is 0 Å². The Morgan fingerprint density at radius 2 is 2.14 bits per heavy atom. The summed E-state index contributed by atoms with van der Waals surface area (Å²) in [5, 5.41) is 8.73. The fourth-order valence-corrected chi connectivity index (χ4v) is 2.36. The third-order valence-electron chi connectivity index (χ3n) is 3.26. The van der Waals surface area contributed by atoms with Crippen LogP contribution in [0.2, 0.25) is 0 Å². The van der Waals surface area contributed by atoms with Gasteiger partial charge in [-0.15, -0.1) is 0 Å². The second-order valence-electron chi connectivity index (χ2n) is 4.78. The number of piperazine rings is 1. The second-order valence-corrected chi connectivity index (χ2v) is 4.78. The first-order valence-electron chi connectivity index (χ1n) is 5.33. The Kier molecular flexibility index (Phi) is 3.52. The smallest absolute Gasteiger partial charge is 0.0638 e. The summed E-state index contributed by atoms with van der Waals surface area (Å²) >= 11 is 0. The average Bonchev–Trinajstić information content (AvgIpc) is 2.09. The van der Waals surface area contributed by atoms with E-state index in [-0.39, 0.29) is 5.54 Å². The van der Waals surface area contributed by atoms with E-state index in [1.165, 1.54) is 0 Å². The molecule has 0 amide bonds. The van der Waals surface area contributed by atoms with E-state index in [0.717, 1.165) is 19.6 Å². The highest BCUT2D eigenvalue weighted by Crippen LogP contribution is 2.23. The van der Waals surface area contributed by atoms with E-state index in [1.807, 2.05) is 0 Å². The number of nitrogens with zero attached hydrogens (tertiary/aromatic N) is 3. The first-order chi connectivity index (χ1) is 6.51. The molecule has 0 bridgehead atoms. The molecule has 0 aromatic heterocycles. The SMILES string of the molecule is CCN1CC(CC#N)N(C)CC1(C)C. The Labute approximate surface area is 87.3 Å². The normalized spacial score (nSPS) is 28.6. The Morgan fingerprint density at radius 3 is 2.64 bits per heavy atom. The number of hydrogen-bond acceptors (Lipinski definition) is 3. The first-order valence-corrected chi connectivity index (χ1v) is 5.33. The van der Waals surface area contributed by atoms with Gasteiger partial charge in [0.1, 0.15) is 0 Å². The Hall–Kier alpha value is -0.590. The average molecular weight is 195 g/mol. The maximum absolute atomic E-state index is 8.73. The molecule has 3 heteroatoms. The molecule has 0 aromatic carbocycles. The lowest BCUT2D eigenvalue weighted by Gasteiger charge is -2.49. The summed E-state index contributed by atoms with van der Waals surface area (Å²) in [6, 6.07) is 2.68. The zero-order chi connectivity index (χ0) is 10.8. The van der Waals surface area contributed by atoms with E-state index >= 15 is 0 Å². The number of hydrogen-bond donors (Lipinski definition) is 0. The van der Waals surface area contributed by atoms with Crippen molar-refractivity contribution in [3.63, 3.8) is 0 Å². The highest BCUT2D eigenvalue weighted by Gasteiger charge is 2.35. The molecule has 1 aliphatic heterocycles. The Morgan fingerprint density at radius 1 is 1.50 bits per heavy atom. The molecule has 14 heavy (non-hydrogen) atoms. The molecule has 0 aromatic rings. The van der Waals surface area contributed by atoms with Crippen LogP contribution in [-0.4, -0.2) is 48.1 Å². The molecule has 1 heterocycles. The highest BCUT2D eigenvalue weighted by atomic mass is 15.3. The van der Waals surface area contributed by atoms with Crippen molar-refractivity contribution in [2.45, 2.75) is 38.8 Å². The van der Waals surface area contributed by atoms with E-state index in [0.29, 0.717) is 12.5 Å². The molecule has 1 atom stereocenters. The number of rotatable bonds is 2. The van der Waals surface area contributed by atoms with E-state index in [2.05, 4.69) is 43.7 Å². The van der Waals surface area contributed by atoms with Crippen LogP contribution in [0.4, 0.5) is 0 Å². The van der Waals surface area contributed by atoms with Gasteiger partial charge in [0.2, 0.25) is 0 Å². The van der Waals surface area contributed by atoms with Gasteiger partial charge in [-0.05, 0) is 27.4 Å². The lowest BCUT2D eigenvalue weighted by Crippen LogP contribution is -2.61. The maximum atomic E-state index is 8.73. The fraction of sp³-hybridized carbons (Fsp3) is 0.909. The summed E-state index contributed by atoms with van der Waals surface area (Å²) in [5.41, 5.74) is 0.245. The van der Waals surface area contributed by atoms with Gasteiger partial charge >= 0.3 is 0 Å². The van der Waals surface area contributed by atoms with Gasteiger partial charge in [0.05, 0.1) is 12.5 Å². The van der Waals surface area contributed by atoms with Crippen LogP contribution >= 0.6 is 0 Å². The fourth-order valence-electron chi connectivity index (χ4n) is 2.36. The van der Waals surface area contributed by atoms with Gasteiger partial charge in [-0.3, -0.25) is 9.80 Å². The standard InChI is InChI=1S/C11H21N3/c1-5-14-8-10(6-7-12)13(4)9-11(14,2)3/h10H,5-6,8-9H2,1-4H3. The predicted molar refractivity (Wildman–Crippen MR) is 58.0 cm³/mol. The largest absolute Gasteiger partial charge is 0.299 e. The van der Waals surface area contributed by atoms with Crippen LogP contribution in [0.1, 0.15) is 27.2 Å². The molecule has 0 radical (unpaired) electrons. The molecule has 0 N–H and O–H groups in total. The Bertz CT molecular complexity index is 229. The minimum Gasteiger partial charge on any atom is -0.299 e. The molecule has 1 fully saturated rings. The summed E-state index contributed by atoms with van der Waals surface area (Å²) in [6.07, 6.45) is 0.642. The van der Waals surface area contributed by atoms with E-state index in [4.69, 9.17) is 5.26 Å². The minimum absolute atomic E-state index is 0.245. The monoisotopic (exact) mass is 195 g/mol. The van der Waals surface area contributed by atoms with Crippen LogP contribution in [0.25, 0.3) is 0 Å². The second kappa shape index (κ2) is 4.29. The topological polar surface area (TPSA) is 30.3 Å². The van der Waals surface area contributed by atoms with Crippen LogP contribution in [-0.2, 0) is 0 Å². The van der Waals surface area contributed by atoms with E-state index < -0.39 is 0 Å². The summed E-state index contributed by atoms with van der Waals surface area (Å²) in [4.78, 5) is 4.78. The molecule has 1 unspecified atom stereocenters. The summed E-state index contributed by atoms with van der Waals surface area (Å²) in [5.74, 6) is 0. The lowest BCUT2D eigenvalue weighted by molar-refractivity contribution is 0.000378. The minimum atomic E-state index is 0.245. The van der Waals surface area contributed by atoms with Gasteiger partial charge < -0.3 is 0 Å².